The van der Waals surface area contributed by atoms with E-state index in [1.165, 1.54) is 31.2 Å². The fourth-order valence-corrected chi connectivity index (χ4v) is 3.37. The van der Waals surface area contributed by atoms with Gasteiger partial charge in [0.2, 0.25) is 0 Å². The van der Waals surface area contributed by atoms with Crippen LogP contribution in [0.5, 0.6) is 0 Å². The molecule has 0 aromatic heterocycles. The van der Waals surface area contributed by atoms with Crippen molar-refractivity contribution in [2.75, 3.05) is 13.2 Å². The lowest BCUT2D eigenvalue weighted by Crippen LogP contribution is -2.22. The topological polar surface area (TPSA) is 21.3 Å². The summed E-state index contributed by atoms with van der Waals surface area (Å²) in [6, 6.07) is 6.65. The number of hydrogen-bond acceptors (Lipinski definition) is 2. The van der Waals surface area contributed by atoms with Crippen LogP contribution in [0.3, 0.4) is 0 Å². The minimum atomic E-state index is 0.403. The fourth-order valence-electron chi connectivity index (χ4n) is 2.86. The second kappa shape index (κ2) is 9.14. The molecule has 4 heteroatoms. The summed E-state index contributed by atoms with van der Waals surface area (Å²) in [5, 5.41) is 4.42. The molecule has 0 saturated carbocycles. The van der Waals surface area contributed by atoms with Gasteiger partial charge in [-0.2, -0.15) is 0 Å². The Kier molecular flexibility index (Phi) is 7.51. The summed E-state index contributed by atoms with van der Waals surface area (Å²) in [6.45, 7) is 4.20. The Morgan fingerprint density at radius 1 is 1.48 bits per heavy atom. The average Bonchev–Trinajstić information content (AvgIpc) is 2.99. The van der Waals surface area contributed by atoms with Crippen molar-refractivity contribution in [3.8, 4) is 0 Å². The molecule has 2 atom stereocenters. The molecule has 1 aliphatic rings. The third kappa shape index (κ3) is 5.55. The van der Waals surface area contributed by atoms with Crippen LogP contribution in [0.1, 0.15) is 57.1 Å². The highest BCUT2D eigenvalue weighted by Gasteiger charge is 2.17. The maximum Gasteiger partial charge on any atom is 0.0576 e. The first-order chi connectivity index (χ1) is 10.2. The smallest absolute Gasteiger partial charge is 0.0576 e. The van der Waals surface area contributed by atoms with Gasteiger partial charge in [0.15, 0.2) is 0 Å². The van der Waals surface area contributed by atoms with Gasteiger partial charge in [-0.3, -0.25) is 0 Å². The summed E-state index contributed by atoms with van der Waals surface area (Å²) in [6.07, 6.45) is 7.64. The third-order valence-corrected chi connectivity index (χ3v) is 5.24. The van der Waals surface area contributed by atoms with Crippen molar-refractivity contribution >= 4 is 27.5 Å². The summed E-state index contributed by atoms with van der Waals surface area (Å²) >= 11 is 9.62. The second-order valence-electron chi connectivity index (χ2n) is 5.75. The number of nitrogens with one attached hydrogen (secondary N) is 1. The molecule has 118 valence electrons. The van der Waals surface area contributed by atoms with E-state index in [2.05, 4.69) is 40.3 Å². The molecule has 1 fully saturated rings. The Bertz CT molecular complexity index is 435. The van der Waals surface area contributed by atoms with Crippen molar-refractivity contribution in [1.29, 1.82) is 0 Å². The van der Waals surface area contributed by atoms with Crippen LogP contribution in [0, 0.1) is 0 Å². The Hall–Kier alpha value is -0.0900. The SMILES string of the molecule is CCCNC(CCCC1CCCO1)c1ccc(Cl)c(Br)c1. The molecule has 1 aromatic rings. The number of rotatable bonds is 8. The van der Waals surface area contributed by atoms with Crippen molar-refractivity contribution in [2.24, 2.45) is 0 Å². The zero-order chi connectivity index (χ0) is 15.1. The van der Waals surface area contributed by atoms with Crippen LogP contribution < -0.4 is 5.32 Å². The summed E-state index contributed by atoms with van der Waals surface area (Å²) in [4.78, 5) is 0. The predicted octanol–water partition coefficient (Wildman–Crippen LogP) is 5.49. The normalized spacial score (nSPS) is 19.9. The molecule has 2 rings (SSSR count). The fraction of sp³-hybridized carbons (Fsp3) is 0.647. The molecule has 0 amide bonds. The largest absolute Gasteiger partial charge is 0.378 e. The van der Waals surface area contributed by atoms with E-state index in [0.29, 0.717) is 12.1 Å². The average molecular weight is 375 g/mol. The van der Waals surface area contributed by atoms with Crippen LogP contribution in [0.15, 0.2) is 22.7 Å². The lowest BCUT2D eigenvalue weighted by Gasteiger charge is -2.20. The van der Waals surface area contributed by atoms with E-state index in [1.807, 2.05) is 6.07 Å². The van der Waals surface area contributed by atoms with Gasteiger partial charge in [-0.1, -0.05) is 24.6 Å². The van der Waals surface area contributed by atoms with E-state index in [1.54, 1.807) is 0 Å². The molecule has 1 aromatic carbocycles. The molecule has 0 radical (unpaired) electrons. The standard InChI is InChI=1S/C17H25BrClNO/c1-2-10-20-17(7-3-5-14-6-4-11-21-14)13-8-9-16(19)15(18)12-13/h8-9,12,14,17,20H,2-7,10-11H2,1H3. The zero-order valence-electron chi connectivity index (χ0n) is 12.7. The van der Waals surface area contributed by atoms with Gasteiger partial charge in [0.05, 0.1) is 11.1 Å². The molecule has 1 saturated heterocycles. The second-order valence-corrected chi connectivity index (χ2v) is 7.01. The molecule has 1 aliphatic heterocycles. The first-order valence-corrected chi connectivity index (χ1v) is 9.17. The summed E-state index contributed by atoms with van der Waals surface area (Å²) in [7, 11) is 0. The van der Waals surface area contributed by atoms with Crippen LogP contribution in [-0.4, -0.2) is 19.3 Å². The van der Waals surface area contributed by atoms with Crippen LogP contribution in [-0.2, 0) is 4.74 Å². The summed E-state index contributed by atoms with van der Waals surface area (Å²) < 4.78 is 6.69. The molecule has 0 spiro atoms. The molecule has 1 heterocycles. The summed E-state index contributed by atoms with van der Waals surface area (Å²) in [5.41, 5.74) is 1.31. The molecular weight excluding hydrogens is 350 g/mol. The van der Waals surface area contributed by atoms with E-state index in [-0.39, 0.29) is 0 Å². The van der Waals surface area contributed by atoms with E-state index in [0.717, 1.165) is 35.5 Å². The lowest BCUT2D eigenvalue weighted by atomic mass is 9.99. The lowest BCUT2D eigenvalue weighted by molar-refractivity contribution is 0.101. The first kappa shape index (κ1) is 17.3. The number of hydrogen-bond donors (Lipinski definition) is 1. The Morgan fingerprint density at radius 2 is 2.33 bits per heavy atom. The van der Waals surface area contributed by atoms with Gasteiger partial charge in [-0.15, -0.1) is 0 Å². The monoisotopic (exact) mass is 373 g/mol. The van der Waals surface area contributed by atoms with Crippen LogP contribution in [0.2, 0.25) is 5.02 Å². The maximum absolute atomic E-state index is 6.10. The number of benzene rings is 1. The maximum atomic E-state index is 6.10. The van der Waals surface area contributed by atoms with Gasteiger partial charge in [0.25, 0.3) is 0 Å². The van der Waals surface area contributed by atoms with Crippen molar-refractivity contribution in [2.45, 2.75) is 57.6 Å². The highest BCUT2D eigenvalue weighted by molar-refractivity contribution is 9.10. The molecule has 0 bridgehead atoms. The van der Waals surface area contributed by atoms with Gasteiger partial charge in [-0.25, -0.2) is 0 Å². The molecule has 1 N–H and O–H groups in total. The van der Waals surface area contributed by atoms with Crippen molar-refractivity contribution < 1.29 is 4.74 Å². The van der Waals surface area contributed by atoms with E-state index >= 15 is 0 Å². The van der Waals surface area contributed by atoms with Gasteiger partial charge in [-0.05, 0) is 78.7 Å². The predicted molar refractivity (Wildman–Crippen MR) is 93.0 cm³/mol. The van der Waals surface area contributed by atoms with E-state index < -0.39 is 0 Å². The van der Waals surface area contributed by atoms with Gasteiger partial charge >= 0.3 is 0 Å². The number of halogens is 2. The Balaban J connectivity index is 1.90. The van der Waals surface area contributed by atoms with Crippen LogP contribution >= 0.6 is 27.5 Å². The van der Waals surface area contributed by atoms with Gasteiger partial charge < -0.3 is 10.1 Å². The van der Waals surface area contributed by atoms with Crippen molar-refractivity contribution in [3.63, 3.8) is 0 Å². The quantitative estimate of drug-likeness (QED) is 0.649. The number of ether oxygens (including phenoxy) is 1. The summed E-state index contributed by atoms with van der Waals surface area (Å²) in [5.74, 6) is 0. The Morgan fingerprint density at radius 3 is 3.00 bits per heavy atom. The zero-order valence-corrected chi connectivity index (χ0v) is 15.0. The molecule has 0 aliphatic carbocycles. The van der Waals surface area contributed by atoms with Crippen molar-refractivity contribution in [3.05, 3.63) is 33.3 Å². The van der Waals surface area contributed by atoms with E-state index in [4.69, 9.17) is 16.3 Å². The molecule has 2 nitrogen and oxygen atoms in total. The third-order valence-electron chi connectivity index (χ3n) is 4.03. The van der Waals surface area contributed by atoms with Crippen molar-refractivity contribution in [1.82, 2.24) is 5.32 Å². The highest BCUT2D eigenvalue weighted by atomic mass is 79.9. The van der Waals surface area contributed by atoms with Crippen LogP contribution in [0.4, 0.5) is 0 Å². The highest BCUT2D eigenvalue weighted by Crippen LogP contribution is 2.29. The minimum absolute atomic E-state index is 0.403. The van der Waals surface area contributed by atoms with Gasteiger partial charge in [0, 0.05) is 17.1 Å². The molecule has 2 unspecified atom stereocenters. The first-order valence-electron chi connectivity index (χ1n) is 8.00. The van der Waals surface area contributed by atoms with Crippen LogP contribution in [0.25, 0.3) is 0 Å². The van der Waals surface area contributed by atoms with Gasteiger partial charge in [0.1, 0.15) is 0 Å². The minimum Gasteiger partial charge on any atom is -0.378 e. The van der Waals surface area contributed by atoms with E-state index in [9.17, 15) is 0 Å². The Labute approximate surface area is 141 Å². The molecule has 21 heavy (non-hydrogen) atoms. The molecular formula is C17H25BrClNO.